The molecule has 0 aliphatic heterocycles. The maximum absolute atomic E-state index is 10.9. The summed E-state index contributed by atoms with van der Waals surface area (Å²) in [5, 5.41) is 14.8. The summed E-state index contributed by atoms with van der Waals surface area (Å²) in [6.45, 7) is 0. The Kier molecular flexibility index (Phi) is 2.30. The molecule has 0 unspecified atom stereocenters. The fourth-order valence-electron chi connectivity index (χ4n) is 1.87. The molecule has 0 aliphatic carbocycles. The van der Waals surface area contributed by atoms with Gasteiger partial charge in [0.15, 0.2) is 5.82 Å². The number of hydrogen-bond donors (Lipinski definition) is 1. The van der Waals surface area contributed by atoms with Crippen LogP contribution in [0.15, 0.2) is 48.9 Å². The van der Waals surface area contributed by atoms with E-state index in [0.717, 1.165) is 10.8 Å². The lowest BCUT2D eigenvalue weighted by atomic mass is 10.1. The fraction of sp³-hybridized carbons (Fsp3) is 0. The molecule has 0 bridgehead atoms. The van der Waals surface area contributed by atoms with Gasteiger partial charge >= 0.3 is 5.97 Å². The van der Waals surface area contributed by atoms with Crippen LogP contribution in [0.3, 0.4) is 0 Å². The number of nitrogens with zero attached hydrogens (tertiary/aromatic N) is 3. The van der Waals surface area contributed by atoms with E-state index in [0.29, 0.717) is 5.82 Å². The molecule has 2 aromatic heterocycles. The van der Waals surface area contributed by atoms with Crippen LogP contribution in [-0.2, 0) is 0 Å². The predicted octanol–water partition coefficient (Wildman–Crippen LogP) is 2.12. The van der Waals surface area contributed by atoms with Crippen molar-refractivity contribution in [3.05, 3.63) is 54.5 Å². The molecule has 5 nitrogen and oxygen atoms in total. The number of carboxylic acid groups (broad SMARTS) is 1. The van der Waals surface area contributed by atoms with Crippen LogP contribution in [0.4, 0.5) is 0 Å². The molecule has 1 aromatic carbocycles. The molecule has 0 aliphatic rings. The van der Waals surface area contributed by atoms with E-state index in [2.05, 4.69) is 10.1 Å². The van der Waals surface area contributed by atoms with Crippen LogP contribution < -0.4 is 0 Å². The molecule has 0 spiro atoms. The predicted molar refractivity (Wildman–Crippen MR) is 65.8 cm³/mol. The van der Waals surface area contributed by atoms with Gasteiger partial charge in [-0.05, 0) is 35.7 Å². The summed E-state index contributed by atoms with van der Waals surface area (Å²) < 4.78 is 1.66. The Labute approximate surface area is 102 Å². The third-order valence-electron chi connectivity index (χ3n) is 2.71. The zero-order valence-corrected chi connectivity index (χ0v) is 9.32. The van der Waals surface area contributed by atoms with Gasteiger partial charge in [0.25, 0.3) is 0 Å². The number of carbonyl (C=O) groups is 1. The first-order chi connectivity index (χ1) is 8.75. The van der Waals surface area contributed by atoms with Crippen molar-refractivity contribution in [3.63, 3.8) is 0 Å². The Hall–Kier alpha value is -2.69. The van der Waals surface area contributed by atoms with E-state index < -0.39 is 5.97 Å². The molecule has 3 aromatic rings. The van der Waals surface area contributed by atoms with Crippen molar-refractivity contribution in [3.8, 4) is 5.82 Å². The van der Waals surface area contributed by atoms with Gasteiger partial charge in [0.2, 0.25) is 0 Å². The number of aromatic carboxylic acids is 1. The molecule has 0 saturated heterocycles. The molecule has 5 heteroatoms. The van der Waals surface area contributed by atoms with Crippen molar-refractivity contribution in [2.75, 3.05) is 0 Å². The second kappa shape index (κ2) is 3.96. The Balaban J connectivity index is 2.26. The van der Waals surface area contributed by atoms with Crippen LogP contribution in [-0.4, -0.2) is 25.8 Å². The van der Waals surface area contributed by atoms with E-state index in [4.69, 9.17) is 5.11 Å². The van der Waals surface area contributed by atoms with Gasteiger partial charge in [-0.15, -0.1) is 0 Å². The molecule has 0 fully saturated rings. The number of rotatable bonds is 2. The van der Waals surface area contributed by atoms with Gasteiger partial charge in [0, 0.05) is 24.0 Å². The summed E-state index contributed by atoms with van der Waals surface area (Å²) in [5.41, 5.74) is 0.264. The lowest BCUT2D eigenvalue weighted by Gasteiger charge is -2.06. The standard InChI is InChI=1S/C13H9N3O2/c17-13(18)10-2-3-11-9(8-10)4-6-14-12(11)16-7-1-5-15-16/h1-8H,(H,17,18). The maximum atomic E-state index is 10.9. The highest BCUT2D eigenvalue weighted by Gasteiger charge is 2.08. The minimum atomic E-state index is -0.936. The lowest BCUT2D eigenvalue weighted by Crippen LogP contribution is -2.00. The molecule has 0 radical (unpaired) electrons. The van der Waals surface area contributed by atoms with Crippen molar-refractivity contribution < 1.29 is 9.90 Å². The van der Waals surface area contributed by atoms with E-state index in [1.54, 1.807) is 47.5 Å². The topological polar surface area (TPSA) is 68.0 Å². The molecule has 1 N–H and O–H groups in total. The monoisotopic (exact) mass is 239 g/mol. The maximum Gasteiger partial charge on any atom is 0.335 e. The molecular formula is C13H9N3O2. The van der Waals surface area contributed by atoms with E-state index in [1.807, 2.05) is 6.07 Å². The summed E-state index contributed by atoms with van der Waals surface area (Å²) in [6.07, 6.45) is 5.12. The van der Waals surface area contributed by atoms with Crippen molar-refractivity contribution in [1.82, 2.24) is 14.8 Å². The number of aromatic nitrogens is 3. The van der Waals surface area contributed by atoms with E-state index in [-0.39, 0.29) is 5.56 Å². The molecule has 18 heavy (non-hydrogen) atoms. The summed E-state index contributed by atoms with van der Waals surface area (Å²) in [5.74, 6) is -0.246. The van der Waals surface area contributed by atoms with Gasteiger partial charge in [-0.1, -0.05) is 0 Å². The molecule has 0 saturated carbocycles. The van der Waals surface area contributed by atoms with Gasteiger partial charge in [0.1, 0.15) is 0 Å². The second-order valence-corrected chi connectivity index (χ2v) is 3.83. The Morgan fingerprint density at radius 2 is 2.11 bits per heavy atom. The van der Waals surface area contributed by atoms with Gasteiger partial charge in [0.05, 0.1) is 5.56 Å². The van der Waals surface area contributed by atoms with Crippen molar-refractivity contribution in [1.29, 1.82) is 0 Å². The van der Waals surface area contributed by atoms with Gasteiger partial charge in [-0.25, -0.2) is 14.5 Å². The largest absolute Gasteiger partial charge is 0.478 e. The molecule has 88 valence electrons. The van der Waals surface area contributed by atoms with Gasteiger partial charge < -0.3 is 5.11 Å². The Bertz CT molecular complexity index is 720. The van der Waals surface area contributed by atoms with Crippen LogP contribution in [0.25, 0.3) is 16.6 Å². The van der Waals surface area contributed by atoms with E-state index in [9.17, 15) is 4.79 Å². The lowest BCUT2D eigenvalue weighted by molar-refractivity contribution is 0.0697. The molecule has 0 amide bonds. The molecule has 3 rings (SSSR count). The summed E-state index contributed by atoms with van der Waals surface area (Å²) >= 11 is 0. The third kappa shape index (κ3) is 1.62. The highest BCUT2D eigenvalue weighted by atomic mass is 16.4. The summed E-state index contributed by atoms with van der Waals surface area (Å²) in [7, 11) is 0. The van der Waals surface area contributed by atoms with Crippen molar-refractivity contribution in [2.45, 2.75) is 0 Å². The second-order valence-electron chi connectivity index (χ2n) is 3.83. The minimum absolute atomic E-state index is 0.264. The van der Waals surface area contributed by atoms with Crippen molar-refractivity contribution in [2.24, 2.45) is 0 Å². The van der Waals surface area contributed by atoms with Crippen LogP contribution in [0.5, 0.6) is 0 Å². The SMILES string of the molecule is O=C(O)c1ccc2c(-n3cccn3)nccc2c1. The number of benzene rings is 1. The molecular weight excluding hydrogens is 230 g/mol. The van der Waals surface area contributed by atoms with Crippen molar-refractivity contribution >= 4 is 16.7 Å². The Morgan fingerprint density at radius 1 is 1.22 bits per heavy atom. The minimum Gasteiger partial charge on any atom is -0.478 e. The first-order valence-electron chi connectivity index (χ1n) is 5.38. The van der Waals surface area contributed by atoms with Crippen LogP contribution in [0, 0.1) is 0 Å². The first-order valence-corrected chi connectivity index (χ1v) is 5.38. The van der Waals surface area contributed by atoms with Gasteiger partial charge in [-0.2, -0.15) is 5.10 Å². The number of fused-ring (bicyclic) bond motifs is 1. The highest BCUT2D eigenvalue weighted by Crippen LogP contribution is 2.20. The number of carboxylic acids is 1. The molecule has 0 atom stereocenters. The number of pyridine rings is 1. The normalized spacial score (nSPS) is 10.7. The Morgan fingerprint density at radius 3 is 2.83 bits per heavy atom. The summed E-state index contributed by atoms with van der Waals surface area (Å²) in [6, 6.07) is 8.55. The fourth-order valence-corrected chi connectivity index (χ4v) is 1.87. The van der Waals surface area contributed by atoms with E-state index in [1.165, 1.54) is 0 Å². The smallest absolute Gasteiger partial charge is 0.335 e. The third-order valence-corrected chi connectivity index (χ3v) is 2.71. The van der Waals surface area contributed by atoms with Gasteiger partial charge in [-0.3, -0.25) is 0 Å². The first kappa shape index (κ1) is 10.5. The average molecular weight is 239 g/mol. The average Bonchev–Trinajstić information content (AvgIpc) is 2.91. The van der Waals surface area contributed by atoms with E-state index >= 15 is 0 Å². The molecule has 2 heterocycles. The zero-order valence-electron chi connectivity index (χ0n) is 9.32. The quantitative estimate of drug-likeness (QED) is 0.743. The summed E-state index contributed by atoms with van der Waals surface area (Å²) in [4.78, 5) is 15.2. The number of hydrogen-bond acceptors (Lipinski definition) is 3. The van der Waals surface area contributed by atoms with Crippen LogP contribution >= 0.6 is 0 Å². The van der Waals surface area contributed by atoms with Crippen LogP contribution in [0.2, 0.25) is 0 Å². The highest BCUT2D eigenvalue weighted by molar-refractivity contribution is 5.96. The zero-order chi connectivity index (χ0) is 12.5. The van der Waals surface area contributed by atoms with Crippen LogP contribution in [0.1, 0.15) is 10.4 Å².